The van der Waals surface area contributed by atoms with Crippen LogP contribution in [0.4, 0.5) is 5.69 Å². The van der Waals surface area contributed by atoms with E-state index in [2.05, 4.69) is 26.2 Å². The van der Waals surface area contributed by atoms with Crippen LogP contribution in [0.2, 0.25) is 5.02 Å². The number of thioether (sulfide) groups is 1. The summed E-state index contributed by atoms with van der Waals surface area (Å²) in [5.74, 6) is -0.0713. The highest BCUT2D eigenvalue weighted by Gasteiger charge is 2.09. The second-order valence-corrected chi connectivity index (χ2v) is 6.56. The number of halogens is 2. The first-order valence-electron chi connectivity index (χ1n) is 6.44. The molecule has 1 aromatic heterocycles. The number of rotatable bonds is 5. The van der Waals surface area contributed by atoms with E-state index in [0.717, 1.165) is 4.47 Å². The monoisotopic (exact) mass is 401 g/mol. The van der Waals surface area contributed by atoms with Crippen molar-refractivity contribution in [3.05, 3.63) is 50.3 Å². The quantitative estimate of drug-likeness (QED) is 0.615. The van der Waals surface area contributed by atoms with Gasteiger partial charge in [0.15, 0.2) is 5.16 Å². The van der Waals surface area contributed by atoms with Gasteiger partial charge in [-0.15, -0.1) is 0 Å². The molecule has 0 unspecified atom stereocenters. The van der Waals surface area contributed by atoms with E-state index < -0.39 is 0 Å². The lowest BCUT2D eigenvalue weighted by Gasteiger charge is -2.10. The van der Waals surface area contributed by atoms with E-state index in [1.807, 2.05) is 11.5 Å². The van der Waals surface area contributed by atoms with Crippen LogP contribution in [0.3, 0.4) is 0 Å². The summed E-state index contributed by atoms with van der Waals surface area (Å²) in [6, 6.07) is 6.62. The zero-order chi connectivity index (χ0) is 16.1. The van der Waals surface area contributed by atoms with Crippen LogP contribution in [0, 0.1) is 0 Å². The number of aryl methyl sites for hydroxylation is 1. The first kappa shape index (κ1) is 17.1. The molecule has 0 fully saturated rings. The smallest absolute Gasteiger partial charge is 0.273 e. The van der Waals surface area contributed by atoms with E-state index in [1.54, 1.807) is 24.4 Å². The number of amides is 1. The van der Waals surface area contributed by atoms with Gasteiger partial charge in [0.25, 0.3) is 5.56 Å². The van der Waals surface area contributed by atoms with E-state index in [-0.39, 0.29) is 17.2 Å². The van der Waals surface area contributed by atoms with Crippen molar-refractivity contribution in [2.75, 3.05) is 11.1 Å². The number of nitrogens with zero attached hydrogens (tertiary/aromatic N) is 2. The highest BCUT2D eigenvalue weighted by Crippen LogP contribution is 2.26. The standard InChI is InChI=1S/C14H13BrClN3O2S/c1-2-19-6-5-12(20)18-14(19)22-8-13(21)17-11-4-3-9(15)7-10(11)16/h3-7H,2,8H2,1H3,(H,17,21). The molecule has 1 heterocycles. The molecule has 116 valence electrons. The van der Waals surface area contributed by atoms with Crippen molar-refractivity contribution in [1.82, 2.24) is 9.55 Å². The molecule has 0 bridgehead atoms. The summed E-state index contributed by atoms with van der Waals surface area (Å²) in [6.45, 7) is 2.62. The maximum absolute atomic E-state index is 12.0. The molecule has 1 aromatic carbocycles. The Hall–Kier alpha value is -1.31. The minimum Gasteiger partial charge on any atom is -0.328 e. The highest BCUT2D eigenvalue weighted by molar-refractivity contribution is 9.10. The maximum Gasteiger partial charge on any atom is 0.273 e. The number of carbonyl (C=O) groups is 1. The Morgan fingerprint density at radius 1 is 1.45 bits per heavy atom. The Morgan fingerprint density at radius 3 is 2.91 bits per heavy atom. The van der Waals surface area contributed by atoms with Gasteiger partial charge >= 0.3 is 0 Å². The zero-order valence-electron chi connectivity index (χ0n) is 11.7. The van der Waals surface area contributed by atoms with Crippen molar-refractivity contribution in [2.24, 2.45) is 0 Å². The van der Waals surface area contributed by atoms with Gasteiger partial charge in [-0.2, -0.15) is 4.98 Å². The topological polar surface area (TPSA) is 64.0 Å². The summed E-state index contributed by atoms with van der Waals surface area (Å²) in [7, 11) is 0. The van der Waals surface area contributed by atoms with E-state index in [4.69, 9.17) is 11.6 Å². The minimum atomic E-state index is -0.316. The highest BCUT2D eigenvalue weighted by atomic mass is 79.9. The van der Waals surface area contributed by atoms with Crippen LogP contribution < -0.4 is 10.9 Å². The van der Waals surface area contributed by atoms with Crippen LogP contribution >= 0.6 is 39.3 Å². The molecule has 2 rings (SSSR count). The normalized spacial score (nSPS) is 10.5. The van der Waals surface area contributed by atoms with Crippen LogP contribution in [-0.2, 0) is 11.3 Å². The third-order valence-corrected chi connectivity index (χ3v) is 4.52. The van der Waals surface area contributed by atoms with Gasteiger partial charge in [0.1, 0.15) is 0 Å². The van der Waals surface area contributed by atoms with Crippen molar-refractivity contribution >= 4 is 50.9 Å². The molecule has 0 aliphatic rings. The van der Waals surface area contributed by atoms with E-state index in [1.165, 1.54) is 17.8 Å². The number of nitrogens with one attached hydrogen (secondary N) is 1. The molecule has 8 heteroatoms. The first-order valence-corrected chi connectivity index (χ1v) is 8.60. The minimum absolute atomic E-state index is 0.142. The van der Waals surface area contributed by atoms with Crippen molar-refractivity contribution in [3.63, 3.8) is 0 Å². The summed E-state index contributed by atoms with van der Waals surface area (Å²) in [5.41, 5.74) is 0.230. The van der Waals surface area contributed by atoms with E-state index in [0.29, 0.717) is 22.4 Å². The second-order valence-electron chi connectivity index (χ2n) is 4.30. The average Bonchev–Trinajstić information content (AvgIpc) is 2.48. The summed E-state index contributed by atoms with van der Waals surface area (Å²) in [5, 5.41) is 3.71. The summed E-state index contributed by atoms with van der Waals surface area (Å²) >= 11 is 10.6. The molecule has 0 saturated heterocycles. The lowest BCUT2D eigenvalue weighted by atomic mass is 10.3. The lowest BCUT2D eigenvalue weighted by Crippen LogP contribution is -2.17. The fourth-order valence-electron chi connectivity index (χ4n) is 1.68. The molecule has 1 N–H and O–H groups in total. The average molecular weight is 403 g/mol. The van der Waals surface area contributed by atoms with E-state index in [9.17, 15) is 9.59 Å². The molecule has 22 heavy (non-hydrogen) atoms. The van der Waals surface area contributed by atoms with Gasteiger partial charge in [0.05, 0.1) is 16.5 Å². The SMILES string of the molecule is CCn1ccc(=O)nc1SCC(=O)Nc1ccc(Br)cc1Cl. The van der Waals surface area contributed by atoms with Crippen LogP contribution in [0.5, 0.6) is 0 Å². The molecule has 2 aromatic rings. The van der Waals surface area contributed by atoms with Crippen LogP contribution in [0.15, 0.2) is 44.9 Å². The number of hydrogen-bond donors (Lipinski definition) is 1. The molecule has 0 aliphatic carbocycles. The number of benzene rings is 1. The lowest BCUT2D eigenvalue weighted by molar-refractivity contribution is -0.113. The van der Waals surface area contributed by atoms with Crippen LogP contribution in [-0.4, -0.2) is 21.2 Å². The second kappa shape index (κ2) is 7.80. The Morgan fingerprint density at radius 2 is 2.23 bits per heavy atom. The fraction of sp³-hybridized carbons (Fsp3) is 0.214. The molecule has 0 spiro atoms. The molecule has 0 aliphatic heterocycles. The van der Waals surface area contributed by atoms with Crippen LogP contribution in [0.25, 0.3) is 0 Å². The van der Waals surface area contributed by atoms with Gasteiger partial charge in [0.2, 0.25) is 5.91 Å². The maximum atomic E-state index is 12.0. The number of aromatic nitrogens is 2. The Bertz CT molecular complexity index is 751. The predicted octanol–water partition coefficient (Wildman–Crippen LogP) is 3.41. The molecule has 0 atom stereocenters. The van der Waals surface area contributed by atoms with Gasteiger partial charge in [-0.25, -0.2) is 0 Å². The molecule has 1 amide bonds. The van der Waals surface area contributed by atoms with Crippen molar-refractivity contribution in [2.45, 2.75) is 18.6 Å². The molecule has 0 saturated carbocycles. The largest absolute Gasteiger partial charge is 0.328 e. The summed E-state index contributed by atoms with van der Waals surface area (Å²) in [4.78, 5) is 27.2. The third kappa shape index (κ3) is 4.59. The predicted molar refractivity (Wildman–Crippen MR) is 92.7 cm³/mol. The molecular weight excluding hydrogens is 390 g/mol. The Kier molecular flexibility index (Phi) is 6.05. The Balaban J connectivity index is 2.01. The zero-order valence-corrected chi connectivity index (χ0v) is 14.8. The van der Waals surface area contributed by atoms with Crippen molar-refractivity contribution < 1.29 is 4.79 Å². The van der Waals surface area contributed by atoms with Gasteiger partial charge in [-0.05, 0) is 25.1 Å². The number of anilines is 1. The van der Waals surface area contributed by atoms with Gasteiger partial charge in [-0.1, -0.05) is 39.3 Å². The molecule has 5 nitrogen and oxygen atoms in total. The van der Waals surface area contributed by atoms with Gasteiger partial charge < -0.3 is 9.88 Å². The first-order chi connectivity index (χ1) is 10.5. The number of hydrogen-bond acceptors (Lipinski definition) is 4. The van der Waals surface area contributed by atoms with E-state index >= 15 is 0 Å². The van der Waals surface area contributed by atoms with Crippen LogP contribution in [0.1, 0.15) is 6.92 Å². The summed E-state index contributed by atoms with van der Waals surface area (Å²) in [6.07, 6.45) is 1.67. The fourth-order valence-corrected chi connectivity index (χ4v) is 3.24. The Labute approximate surface area is 145 Å². The van der Waals surface area contributed by atoms with Gasteiger partial charge in [-0.3, -0.25) is 9.59 Å². The summed E-state index contributed by atoms with van der Waals surface area (Å²) < 4.78 is 2.65. The number of carbonyl (C=O) groups excluding carboxylic acids is 1. The third-order valence-electron chi connectivity index (χ3n) is 2.73. The van der Waals surface area contributed by atoms with Crippen molar-refractivity contribution in [1.29, 1.82) is 0 Å². The van der Waals surface area contributed by atoms with Gasteiger partial charge in [0, 0.05) is 23.3 Å². The van der Waals surface area contributed by atoms with Crippen molar-refractivity contribution in [3.8, 4) is 0 Å². The molecular formula is C14H13BrClN3O2S. The molecule has 0 radical (unpaired) electrons.